The number of halogens is 1. The molecule has 1 aromatic carbocycles. The second kappa shape index (κ2) is 6.98. The number of anilines is 1. The number of carbonyl (C=O) groups is 1. The highest BCUT2D eigenvalue weighted by Crippen LogP contribution is 2.26. The van der Waals surface area contributed by atoms with E-state index in [9.17, 15) is 9.18 Å². The molecule has 0 spiro atoms. The summed E-state index contributed by atoms with van der Waals surface area (Å²) in [5.74, 6) is -0.286. The van der Waals surface area contributed by atoms with Crippen molar-refractivity contribution in [2.45, 2.75) is 40.5 Å². The van der Waals surface area contributed by atoms with E-state index in [0.29, 0.717) is 17.7 Å². The summed E-state index contributed by atoms with van der Waals surface area (Å²) < 4.78 is 13.2. The van der Waals surface area contributed by atoms with Gasteiger partial charge < -0.3 is 11.1 Å². The fourth-order valence-electron chi connectivity index (χ4n) is 2.46. The Balaban J connectivity index is 2.73. The first-order chi connectivity index (χ1) is 9.58. The normalized spacial score (nSPS) is 12.8. The number of nitrogens with two attached hydrogens (primary N) is 1. The van der Waals surface area contributed by atoms with Crippen molar-refractivity contribution < 1.29 is 9.18 Å². The maximum Gasteiger partial charge on any atom is 0.224 e. The van der Waals surface area contributed by atoms with Crippen molar-refractivity contribution in [2.75, 3.05) is 5.32 Å². The summed E-state index contributed by atoms with van der Waals surface area (Å²) in [4.78, 5) is 12.1. The van der Waals surface area contributed by atoms with Gasteiger partial charge in [0.15, 0.2) is 0 Å². The predicted octanol–water partition coefficient (Wildman–Crippen LogP) is 3.86. The van der Waals surface area contributed by atoms with Gasteiger partial charge in [-0.2, -0.15) is 0 Å². The lowest BCUT2D eigenvalue weighted by Crippen LogP contribution is -2.21. The molecule has 1 amide bonds. The lowest BCUT2D eigenvalue weighted by molar-refractivity contribution is -0.117. The van der Waals surface area contributed by atoms with Crippen LogP contribution in [0.2, 0.25) is 0 Å². The van der Waals surface area contributed by atoms with Crippen LogP contribution in [0.4, 0.5) is 10.1 Å². The monoisotopic (exact) mass is 310 g/mol. The smallest absolute Gasteiger partial charge is 0.224 e. The maximum atomic E-state index is 13.2. The third-order valence-electron chi connectivity index (χ3n) is 3.02. The summed E-state index contributed by atoms with van der Waals surface area (Å²) in [6, 6.07) is 3.99. The zero-order valence-corrected chi connectivity index (χ0v) is 13.8. The average molecular weight is 310 g/mol. The average Bonchev–Trinajstić information content (AvgIpc) is 2.28. The van der Waals surface area contributed by atoms with Gasteiger partial charge in [-0.3, -0.25) is 4.79 Å². The zero-order chi connectivity index (χ0) is 16.2. The largest absolute Gasteiger partial charge is 0.389 e. The van der Waals surface area contributed by atoms with E-state index < -0.39 is 5.82 Å². The van der Waals surface area contributed by atoms with Gasteiger partial charge in [0, 0.05) is 12.0 Å². The molecule has 1 unspecified atom stereocenters. The standard InChI is InChI=1S/C16H23FN2OS/c1-10(9-16(2,3)4)7-14(20)19-13-6-5-11(17)8-12(13)15(18)21/h5-6,8,10H,7,9H2,1-4H3,(H2,18,21)(H,19,20). The van der Waals surface area contributed by atoms with Crippen LogP contribution in [0.1, 0.15) is 46.1 Å². The molecule has 0 aliphatic rings. The summed E-state index contributed by atoms with van der Waals surface area (Å²) in [7, 11) is 0. The van der Waals surface area contributed by atoms with Crippen molar-refractivity contribution in [3.8, 4) is 0 Å². The third-order valence-corrected chi connectivity index (χ3v) is 3.24. The molecular formula is C16H23FN2OS. The van der Waals surface area contributed by atoms with Crippen LogP contribution in [0.3, 0.4) is 0 Å². The molecule has 0 radical (unpaired) electrons. The molecule has 5 heteroatoms. The van der Waals surface area contributed by atoms with Crippen LogP contribution in [-0.2, 0) is 4.79 Å². The number of carbonyl (C=O) groups excluding carboxylic acids is 1. The summed E-state index contributed by atoms with van der Waals surface area (Å²) in [5, 5.41) is 2.76. The van der Waals surface area contributed by atoms with Gasteiger partial charge in [0.25, 0.3) is 0 Å². The van der Waals surface area contributed by atoms with E-state index in [4.69, 9.17) is 18.0 Å². The number of hydrogen-bond acceptors (Lipinski definition) is 2. The molecule has 0 saturated heterocycles. The minimum Gasteiger partial charge on any atom is -0.389 e. The van der Waals surface area contributed by atoms with Crippen molar-refractivity contribution in [3.05, 3.63) is 29.6 Å². The molecule has 0 heterocycles. The van der Waals surface area contributed by atoms with Gasteiger partial charge >= 0.3 is 0 Å². The van der Waals surface area contributed by atoms with Crippen LogP contribution in [0.25, 0.3) is 0 Å². The van der Waals surface area contributed by atoms with Gasteiger partial charge in [0.05, 0.1) is 5.69 Å². The molecular weight excluding hydrogens is 287 g/mol. The van der Waals surface area contributed by atoms with Gasteiger partial charge in [-0.15, -0.1) is 0 Å². The Kier molecular flexibility index (Phi) is 5.84. The molecule has 116 valence electrons. The van der Waals surface area contributed by atoms with Crippen molar-refractivity contribution in [1.29, 1.82) is 0 Å². The quantitative estimate of drug-likeness (QED) is 0.812. The highest BCUT2D eigenvalue weighted by molar-refractivity contribution is 7.80. The van der Waals surface area contributed by atoms with Crippen LogP contribution in [0.15, 0.2) is 18.2 Å². The molecule has 0 saturated carbocycles. The SMILES string of the molecule is CC(CC(=O)Nc1ccc(F)cc1C(N)=S)CC(C)(C)C. The van der Waals surface area contributed by atoms with E-state index in [1.54, 1.807) is 0 Å². The summed E-state index contributed by atoms with van der Waals surface area (Å²) in [6.07, 6.45) is 1.36. The molecule has 3 nitrogen and oxygen atoms in total. The zero-order valence-electron chi connectivity index (χ0n) is 13.0. The van der Waals surface area contributed by atoms with Gasteiger partial charge in [0.1, 0.15) is 10.8 Å². The number of rotatable bonds is 5. The van der Waals surface area contributed by atoms with Crippen LogP contribution in [-0.4, -0.2) is 10.9 Å². The van der Waals surface area contributed by atoms with E-state index in [-0.39, 0.29) is 22.2 Å². The number of benzene rings is 1. The lowest BCUT2D eigenvalue weighted by atomic mass is 9.84. The number of nitrogens with one attached hydrogen (secondary N) is 1. The summed E-state index contributed by atoms with van der Waals surface area (Å²) >= 11 is 4.88. The molecule has 0 fully saturated rings. The topological polar surface area (TPSA) is 55.1 Å². The Morgan fingerprint density at radius 1 is 1.43 bits per heavy atom. The fourth-order valence-corrected chi connectivity index (χ4v) is 2.63. The molecule has 0 bridgehead atoms. The molecule has 1 aromatic rings. The Morgan fingerprint density at radius 2 is 2.05 bits per heavy atom. The highest BCUT2D eigenvalue weighted by atomic mass is 32.1. The van der Waals surface area contributed by atoms with Gasteiger partial charge in [-0.05, 0) is 36.0 Å². The van der Waals surface area contributed by atoms with Crippen molar-refractivity contribution >= 4 is 28.8 Å². The van der Waals surface area contributed by atoms with E-state index in [1.807, 2.05) is 6.92 Å². The second-order valence-corrected chi connectivity index (χ2v) is 7.12. The van der Waals surface area contributed by atoms with E-state index in [0.717, 1.165) is 6.42 Å². The first-order valence-electron chi connectivity index (χ1n) is 6.97. The Labute approximate surface area is 131 Å². The van der Waals surface area contributed by atoms with Gasteiger partial charge in [-0.1, -0.05) is 39.9 Å². The number of thiocarbonyl (C=S) groups is 1. The fraction of sp³-hybridized carbons (Fsp3) is 0.500. The second-order valence-electron chi connectivity index (χ2n) is 6.68. The van der Waals surface area contributed by atoms with Crippen LogP contribution in [0.5, 0.6) is 0 Å². The van der Waals surface area contributed by atoms with Crippen LogP contribution in [0, 0.1) is 17.2 Å². The predicted molar refractivity (Wildman–Crippen MR) is 88.8 cm³/mol. The minimum atomic E-state index is -0.433. The summed E-state index contributed by atoms with van der Waals surface area (Å²) in [5.41, 5.74) is 6.54. The van der Waals surface area contributed by atoms with Crippen molar-refractivity contribution in [2.24, 2.45) is 17.1 Å². The molecule has 1 atom stereocenters. The van der Waals surface area contributed by atoms with Crippen LogP contribution >= 0.6 is 12.2 Å². The first-order valence-corrected chi connectivity index (χ1v) is 7.38. The number of amides is 1. The van der Waals surface area contributed by atoms with E-state index >= 15 is 0 Å². The minimum absolute atomic E-state index is 0.0625. The van der Waals surface area contributed by atoms with Crippen molar-refractivity contribution in [3.63, 3.8) is 0 Å². The summed E-state index contributed by atoms with van der Waals surface area (Å²) in [6.45, 7) is 8.48. The molecule has 0 aromatic heterocycles. The molecule has 21 heavy (non-hydrogen) atoms. The van der Waals surface area contributed by atoms with Crippen LogP contribution < -0.4 is 11.1 Å². The van der Waals surface area contributed by atoms with Gasteiger partial charge in [0.2, 0.25) is 5.91 Å². The maximum absolute atomic E-state index is 13.2. The Bertz CT molecular complexity index is 538. The molecule has 0 aliphatic heterocycles. The van der Waals surface area contributed by atoms with E-state index in [1.165, 1.54) is 18.2 Å². The Hall–Kier alpha value is -1.49. The third kappa shape index (κ3) is 6.21. The number of hydrogen-bond donors (Lipinski definition) is 2. The Morgan fingerprint density at radius 3 is 2.57 bits per heavy atom. The van der Waals surface area contributed by atoms with Gasteiger partial charge in [-0.25, -0.2) is 4.39 Å². The van der Waals surface area contributed by atoms with E-state index in [2.05, 4.69) is 26.1 Å². The molecule has 1 rings (SSSR count). The lowest BCUT2D eigenvalue weighted by Gasteiger charge is -2.23. The molecule has 3 N–H and O–H groups in total. The van der Waals surface area contributed by atoms with Crippen molar-refractivity contribution in [1.82, 2.24) is 0 Å². The highest BCUT2D eigenvalue weighted by Gasteiger charge is 2.18. The first kappa shape index (κ1) is 17.6. The molecule has 0 aliphatic carbocycles.